The van der Waals surface area contributed by atoms with Crippen molar-refractivity contribution in [3.63, 3.8) is 0 Å². The normalized spacial score (nSPS) is 13.8. The Labute approximate surface area is 190 Å². The third-order valence-corrected chi connectivity index (χ3v) is 5.69. The zero-order valence-electron chi connectivity index (χ0n) is 17.3. The van der Waals surface area contributed by atoms with Gasteiger partial charge < -0.3 is 14.2 Å². The number of rotatable bonds is 6. The second-order valence-electron chi connectivity index (χ2n) is 7.57. The first-order valence-corrected chi connectivity index (χ1v) is 10.9. The van der Waals surface area contributed by atoms with Crippen molar-refractivity contribution in [1.82, 2.24) is 25.1 Å². The highest BCUT2D eigenvalue weighted by Gasteiger charge is 2.27. The van der Waals surface area contributed by atoms with Crippen LogP contribution in [-0.4, -0.2) is 50.1 Å². The van der Waals surface area contributed by atoms with Gasteiger partial charge in [0.15, 0.2) is 5.69 Å². The predicted molar refractivity (Wildman–Crippen MR) is 118 cm³/mol. The number of nitrogens with zero attached hydrogens (tertiary/aromatic N) is 6. The maximum absolute atomic E-state index is 13.3. The SMILES string of the molecule is CC(C)N(Cc1nnc(-c2ccccc2Cl)o1)C(=O)c1nc(N2CCCC2)ncc1Cl. The van der Waals surface area contributed by atoms with Crippen LogP contribution in [0.15, 0.2) is 34.9 Å². The molecule has 1 aliphatic rings. The van der Waals surface area contributed by atoms with Gasteiger partial charge in [-0.3, -0.25) is 4.79 Å². The van der Waals surface area contributed by atoms with E-state index in [0.29, 0.717) is 28.3 Å². The average molecular weight is 461 g/mol. The maximum Gasteiger partial charge on any atom is 0.274 e. The Kier molecular flexibility index (Phi) is 6.38. The van der Waals surface area contributed by atoms with Crippen LogP contribution in [0.2, 0.25) is 10.0 Å². The van der Waals surface area contributed by atoms with E-state index in [1.165, 1.54) is 6.20 Å². The summed E-state index contributed by atoms with van der Waals surface area (Å²) in [6.07, 6.45) is 3.65. The molecule has 1 saturated heterocycles. The van der Waals surface area contributed by atoms with E-state index in [1.807, 2.05) is 26.0 Å². The summed E-state index contributed by atoms with van der Waals surface area (Å²) in [4.78, 5) is 25.7. The van der Waals surface area contributed by atoms with Crippen LogP contribution < -0.4 is 4.90 Å². The first kappa shape index (κ1) is 21.5. The quantitative estimate of drug-likeness (QED) is 0.535. The molecule has 1 fully saturated rings. The second kappa shape index (κ2) is 9.20. The molecule has 0 saturated carbocycles. The lowest BCUT2D eigenvalue weighted by atomic mass is 10.2. The molecular weight excluding hydrogens is 439 g/mol. The van der Waals surface area contributed by atoms with E-state index in [0.717, 1.165) is 25.9 Å². The Hall–Kier alpha value is -2.71. The van der Waals surface area contributed by atoms with E-state index in [-0.39, 0.29) is 29.2 Å². The predicted octanol–water partition coefficient (Wildman–Crippen LogP) is 4.48. The van der Waals surface area contributed by atoms with Crippen molar-refractivity contribution >= 4 is 35.1 Å². The molecule has 0 unspecified atom stereocenters. The number of amides is 1. The highest BCUT2D eigenvalue weighted by atomic mass is 35.5. The summed E-state index contributed by atoms with van der Waals surface area (Å²) in [5.41, 5.74) is 0.803. The topological polar surface area (TPSA) is 88.2 Å². The molecule has 162 valence electrons. The lowest BCUT2D eigenvalue weighted by molar-refractivity contribution is 0.0666. The number of carbonyl (C=O) groups excluding carboxylic acids is 1. The Morgan fingerprint density at radius 2 is 1.90 bits per heavy atom. The molecule has 31 heavy (non-hydrogen) atoms. The molecular formula is C21H22Cl2N6O2. The smallest absolute Gasteiger partial charge is 0.274 e. The van der Waals surface area contributed by atoms with Gasteiger partial charge in [0.2, 0.25) is 17.7 Å². The van der Waals surface area contributed by atoms with E-state index in [1.54, 1.807) is 17.0 Å². The minimum Gasteiger partial charge on any atom is -0.419 e. The lowest BCUT2D eigenvalue weighted by Gasteiger charge is -2.25. The van der Waals surface area contributed by atoms with E-state index >= 15 is 0 Å². The minimum absolute atomic E-state index is 0.118. The summed E-state index contributed by atoms with van der Waals surface area (Å²) in [5, 5.41) is 8.89. The van der Waals surface area contributed by atoms with Crippen LogP contribution in [0.25, 0.3) is 11.5 Å². The second-order valence-corrected chi connectivity index (χ2v) is 8.38. The summed E-state index contributed by atoms with van der Waals surface area (Å²) in [6, 6.07) is 7.06. The molecule has 10 heteroatoms. The van der Waals surface area contributed by atoms with Gasteiger partial charge >= 0.3 is 0 Å². The van der Waals surface area contributed by atoms with E-state index in [9.17, 15) is 4.79 Å². The van der Waals surface area contributed by atoms with Gasteiger partial charge in [0.1, 0.15) is 0 Å². The van der Waals surface area contributed by atoms with Crippen molar-refractivity contribution in [2.24, 2.45) is 0 Å². The van der Waals surface area contributed by atoms with Crippen LogP contribution in [0, 0.1) is 0 Å². The molecule has 1 aromatic carbocycles. The Balaban J connectivity index is 1.58. The first-order chi connectivity index (χ1) is 14.9. The molecule has 4 rings (SSSR count). The molecule has 0 radical (unpaired) electrons. The third kappa shape index (κ3) is 4.65. The van der Waals surface area contributed by atoms with E-state index in [2.05, 4.69) is 25.1 Å². The van der Waals surface area contributed by atoms with Gasteiger partial charge in [-0.2, -0.15) is 0 Å². The van der Waals surface area contributed by atoms with Crippen molar-refractivity contribution in [2.45, 2.75) is 39.3 Å². The summed E-state index contributed by atoms with van der Waals surface area (Å²) in [6.45, 7) is 5.67. The summed E-state index contributed by atoms with van der Waals surface area (Å²) < 4.78 is 5.78. The Bertz CT molecular complexity index is 1080. The summed E-state index contributed by atoms with van der Waals surface area (Å²) in [5.74, 6) is 0.795. The van der Waals surface area contributed by atoms with Crippen LogP contribution in [0.1, 0.15) is 43.1 Å². The number of anilines is 1. The van der Waals surface area contributed by atoms with Crippen molar-refractivity contribution < 1.29 is 9.21 Å². The minimum atomic E-state index is -0.319. The molecule has 2 aromatic heterocycles. The van der Waals surface area contributed by atoms with Gasteiger partial charge in [0.25, 0.3) is 5.91 Å². The molecule has 3 aromatic rings. The third-order valence-electron chi connectivity index (χ3n) is 5.08. The fourth-order valence-electron chi connectivity index (χ4n) is 3.41. The molecule has 0 spiro atoms. The maximum atomic E-state index is 13.3. The van der Waals surface area contributed by atoms with Gasteiger partial charge in [-0.05, 0) is 38.8 Å². The van der Waals surface area contributed by atoms with Gasteiger partial charge in [0.05, 0.1) is 28.4 Å². The molecule has 1 amide bonds. The van der Waals surface area contributed by atoms with Gasteiger partial charge in [-0.1, -0.05) is 35.3 Å². The standard InChI is InChI=1S/C21H22Cl2N6O2/c1-13(2)29(12-17-26-27-19(31-17)14-7-3-4-8-15(14)22)20(30)18-16(23)11-24-21(25-18)28-9-5-6-10-28/h3-4,7-8,11,13H,5-6,9-10,12H2,1-2H3. The van der Waals surface area contributed by atoms with Crippen LogP contribution >= 0.6 is 23.2 Å². The van der Waals surface area contributed by atoms with Gasteiger partial charge in [0, 0.05) is 19.1 Å². The van der Waals surface area contributed by atoms with Crippen LogP contribution in [-0.2, 0) is 6.54 Å². The summed E-state index contributed by atoms with van der Waals surface area (Å²) in [7, 11) is 0. The van der Waals surface area contributed by atoms with Crippen LogP contribution in [0.3, 0.4) is 0 Å². The highest BCUT2D eigenvalue weighted by molar-refractivity contribution is 6.33. The summed E-state index contributed by atoms with van der Waals surface area (Å²) >= 11 is 12.5. The molecule has 8 nitrogen and oxygen atoms in total. The fourth-order valence-corrected chi connectivity index (χ4v) is 3.80. The van der Waals surface area contributed by atoms with E-state index < -0.39 is 0 Å². The zero-order chi connectivity index (χ0) is 22.0. The number of benzene rings is 1. The van der Waals surface area contributed by atoms with Crippen LogP contribution in [0.4, 0.5) is 5.95 Å². The number of hydrogen-bond acceptors (Lipinski definition) is 7. The highest BCUT2D eigenvalue weighted by Crippen LogP contribution is 2.27. The fraction of sp³-hybridized carbons (Fsp3) is 0.381. The Morgan fingerprint density at radius 1 is 1.16 bits per heavy atom. The average Bonchev–Trinajstić information content (AvgIpc) is 3.44. The molecule has 0 aliphatic carbocycles. The molecule has 0 bridgehead atoms. The molecule has 0 atom stereocenters. The molecule has 1 aliphatic heterocycles. The number of carbonyl (C=O) groups is 1. The van der Waals surface area contributed by atoms with E-state index in [4.69, 9.17) is 27.6 Å². The monoisotopic (exact) mass is 460 g/mol. The van der Waals surface area contributed by atoms with Gasteiger partial charge in [-0.25, -0.2) is 9.97 Å². The van der Waals surface area contributed by atoms with Crippen molar-refractivity contribution in [3.8, 4) is 11.5 Å². The van der Waals surface area contributed by atoms with Gasteiger partial charge in [-0.15, -0.1) is 10.2 Å². The molecule has 3 heterocycles. The lowest BCUT2D eigenvalue weighted by Crippen LogP contribution is -2.37. The first-order valence-electron chi connectivity index (χ1n) is 10.1. The zero-order valence-corrected chi connectivity index (χ0v) is 18.8. The van der Waals surface area contributed by atoms with Crippen molar-refractivity contribution in [2.75, 3.05) is 18.0 Å². The van der Waals surface area contributed by atoms with Crippen molar-refractivity contribution in [1.29, 1.82) is 0 Å². The van der Waals surface area contributed by atoms with Crippen molar-refractivity contribution in [3.05, 3.63) is 52.1 Å². The number of aromatic nitrogens is 4. The largest absolute Gasteiger partial charge is 0.419 e. The number of hydrogen-bond donors (Lipinski definition) is 0. The Morgan fingerprint density at radius 3 is 2.61 bits per heavy atom. The van der Waals surface area contributed by atoms with Crippen LogP contribution in [0.5, 0.6) is 0 Å². The number of halogens is 2. The molecule has 0 N–H and O–H groups in total.